The number of hydrogen-bond donors (Lipinski definition) is 16. The second kappa shape index (κ2) is 20.1. The summed E-state index contributed by atoms with van der Waals surface area (Å²) in [6.07, 6.45) is -43.9. The molecule has 5 heterocycles. The topological polar surface area (TPSA) is 416 Å². The van der Waals surface area contributed by atoms with Crippen LogP contribution in [0, 0.1) is 0 Å². The zero-order valence-corrected chi connectivity index (χ0v) is 31.1. The van der Waals surface area contributed by atoms with Gasteiger partial charge in [0, 0.05) is 6.92 Å². The quantitative estimate of drug-likeness (QED) is 0.0818. The number of aliphatic hydroxyl groups is 15. The summed E-state index contributed by atoms with van der Waals surface area (Å²) in [6, 6.07) is -1.69. The molecule has 0 aromatic carbocycles. The maximum absolute atomic E-state index is 12.4. The van der Waals surface area contributed by atoms with E-state index in [1.165, 1.54) is 6.92 Å². The third-order valence-electron chi connectivity index (χ3n) is 10.7. The van der Waals surface area contributed by atoms with Gasteiger partial charge in [-0.25, -0.2) is 0 Å². The summed E-state index contributed by atoms with van der Waals surface area (Å²) >= 11 is 0. The molecule has 26 nitrogen and oxygen atoms in total. The van der Waals surface area contributed by atoms with Gasteiger partial charge in [0.2, 0.25) is 5.91 Å². The SMILES string of the molecule is CC(=O)N[C@H]1[C@H](O[C@H]2[C@@H](O)[C@@H](CO)OC(O)[C@@H]2O)O[C@H](CO)[C@@H](O[C@@H]2O[C@H](CO)[C@H](O)[C@H](O[C@H]3O[C@H](CO)[C@H](O)[C@H](O)[C@H]3O)[C@H]2O[C@@H]2O[C@@H](C)[C@@H](O)[C@@H](O)[C@@H]2O)[C@@H]1O. The van der Waals surface area contributed by atoms with Crippen LogP contribution in [-0.2, 0) is 47.4 Å². The fourth-order valence-corrected chi connectivity index (χ4v) is 7.34. The van der Waals surface area contributed by atoms with Crippen molar-refractivity contribution in [3.63, 3.8) is 0 Å². The van der Waals surface area contributed by atoms with Gasteiger partial charge in [0.1, 0.15) is 116 Å². The molecule has 25 atom stereocenters. The van der Waals surface area contributed by atoms with Gasteiger partial charge in [-0.3, -0.25) is 4.79 Å². The van der Waals surface area contributed by atoms with Crippen molar-refractivity contribution in [2.75, 3.05) is 26.4 Å². The van der Waals surface area contributed by atoms with Crippen molar-refractivity contribution in [3.8, 4) is 0 Å². The van der Waals surface area contributed by atoms with Crippen LogP contribution in [0.2, 0.25) is 0 Å². The second-order valence-corrected chi connectivity index (χ2v) is 14.7. The van der Waals surface area contributed by atoms with Crippen molar-refractivity contribution in [2.24, 2.45) is 0 Å². The fraction of sp³-hybridized carbons (Fsp3) is 0.969. The Labute approximate surface area is 329 Å². The van der Waals surface area contributed by atoms with Crippen LogP contribution in [0.15, 0.2) is 0 Å². The summed E-state index contributed by atoms with van der Waals surface area (Å²) in [5, 5.41) is 160. The Kier molecular flexibility index (Phi) is 16.5. The molecule has 26 heteroatoms. The first kappa shape index (κ1) is 47.6. The fourth-order valence-electron chi connectivity index (χ4n) is 7.34. The molecule has 0 aromatic rings. The van der Waals surface area contributed by atoms with Gasteiger partial charge in [0.15, 0.2) is 31.5 Å². The molecule has 16 N–H and O–H groups in total. The standard InChI is InChI=1S/C32H55NO25/c1-7-14(39)19(44)21(46)30(50-7)58-27-26(57-31-22(47)20(45)15(40)9(3-34)52-31)17(42)11(5-36)53-32(27)55-24-12(6-37)54-29(13(18(24)43)33-8(2)38)56-25-16(41)10(4-35)51-28(49)23(25)48/h7,9-32,34-37,39-49H,3-6H2,1-2H3,(H,33,38)/t7-,9+,10+,11+,12+,13+,14+,15-,16-,17-,18+,19+,20-,21-,22+,23+,24+,25-,26-,27+,28?,29-,30-,31+,32-/m0/s1. The molecule has 5 rings (SSSR count). The Morgan fingerprint density at radius 3 is 1.48 bits per heavy atom. The molecule has 0 bridgehead atoms. The van der Waals surface area contributed by atoms with E-state index in [9.17, 15) is 81.4 Å². The molecular weight excluding hydrogens is 798 g/mol. The summed E-state index contributed by atoms with van der Waals surface area (Å²) in [7, 11) is 0. The number of ether oxygens (including phenoxy) is 9. The molecule has 0 aliphatic carbocycles. The first-order valence-corrected chi connectivity index (χ1v) is 18.5. The Morgan fingerprint density at radius 1 is 0.448 bits per heavy atom. The van der Waals surface area contributed by atoms with Gasteiger partial charge >= 0.3 is 0 Å². The number of rotatable bonds is 13. The highest BCUT2D eigenvalue weighted by Gasteiger charge is 2.57. The van der Waals surface area contributed by atoms with Crippen LogP contribution in [-0.4, -0.2) is 262 Å². The lowest BCUT2D eigenvalue weighted by Crippen LogP contribution is -2.70. The van der Waals surface area contributed by atoms with Crippen molar-refractivity contribution in [2.45, 2.75) is 167 Å². The Hall–Kier alpha value is -1.49. The predicted octanol–water partition coefficient (Wildman–Crippen LogP) is -10.8. The largest absolute Gasteiger partial charge is 0.394 e. The molecule has 1 amide bonds. The minimum Gasteiger partial charge on any atom is -0.394 e. The van der Waals surface area contributed by atoms with E-state index >= 15 is 0 Å². The van der Waals surface area contributed by atoms with E-state index in [0.717, 1.165) is 6.92 Å². The van der Waals surface area contributed by atoms with Gasteiger partial charge in [0.05, 0.1) is 32.5 Å². The molecule has 0 radical (unpaired) electrons. The lowest BCUT2D eigenvalue weighted by molar-refractivity contribution is -0.404. The Morgan fingerprint density at radius 2 is 0.897 bits per heavy atom. The van der Waals surface area contributed by atoms with E-state index in [0.29, 0.717) is 0 Å². The maximum atomic E-state index is 12.4. The minimum absolute atomic E-state index is 0.798. The van der Waals surface area contributed by atoms with Crippen molar-refractivity contribution < 1.29 is 124 Å². The highest BCUT2D eigenvalue weighted by atomic mass is 16.8. The summed E-state index contributed by atoms with van der Waals surface area (Å²) in [6.45, 7) is -1.36. The van der Waals surface area contributed by atoms with Gasteiger partial charge < -0.3 is 125 Å². The molecule has 338 valence electrons. The van der Waals surface area contributed by atoms with Gasteiger partial charge in [-0.1, -0.05) is 0 Å². The van der Waals surface area contributed by atoms with Crippen LogP contribution in [0.5, 0.6) is 0 Å². The molecule has 5 fully saturated rings. The maximum Gasteiger partial charge on any atom is 0.217 e. The van der Waals surface area contributed by atoms with Crippen LogP contribution < -0.4 is 5.32 Å². The molecule has 1 unspecified atom stereocenters. The normalized spacial score (nSPS) is 51.6. The van der Waals surface area contributed by atoms with E-state index in [4.69, 9.17) is 42.6 Å². The average molecular weight is 854 g/mol. The van der Waals surface area contributed by atoms with Crippen molar-refractivity contribution >= 4 is 5.91 Å². The van der Waals surface area contributed by atoms with Crippen molar-refractivity contribution in [3.05, 3.63) is 0 Å². The number of carbonyl (C=O) groups excluding carboxylic acids is 1. The summed E-state index contributed by atoms with van der Waals surface area (Å²) in [4.78, 5) is 12.4. The predicted molar refractivity (Wildman–Crippen MR) is 177 cm³/mol. The first-order chi connectivity index (χ1) is 27.4. The van der Waals surface area contributed by atoms with E-state index in [2.05, 4.69) is 5.32 Å². The Bertz CT molecular complexity index is 1310. The van der Waals surface area contributed by atoms with Gasteiger partial charge in [-0.05, 0) is 6.92 Å². The molecule has 5 aliphatic rings. The lowest BCUT2D eigenvalue weighted by Gasteiger charge is -2.51. The number of nitrogens with one attached hydrogen (secondary N) is 1. The van der Waals surface area contributed by atoms with E-state index in [-0.39, 0.29) is 0 Å². The number of hydrogen-bond acceptors (Lipinski definition) is 25. The van der Waals surface area contributed by atoms with Crippen molar-refractivity contribution in [1.82, 2.24) is 5.32 Å². The van der Waals surface area contributed by atoms with E-state index in [1.807, 2.05) is 0 Å². The highest BCUT2D eigenvalue weighted by Crippen LogP contribution is 2.37. The summed E-state index contributed by atoms with van der Waals surface area (Å²) < 4.78 is 51.3. The summed E-state index contributed by atoms with van der Waals surface area (Å²) in [5.41, 5.74) is 0. The average Bonchev–Trinajstić information content (AvgIpc) is 3.19. The molecular formula is C32H55NO25. The van der Waals surface area contributed by atoms with Crippen LogP contribution in [0.4, 0.5) is 0 Å². The van der Waals surface area contributed by atoms with E-state index < -0.39 is 186 Å². The molecule has 58 heavy (non-hydrogen) atoms. The van der Waals surface area contributed by atoms with Crippen LogP contribution in [0.1, 0.15) is 13.8 Å². The third kappa shape index (κ3) is 9.75. The van der Waals surface area contributed by atoms with E-state index in [1.54, 1.807) is 0 Å². The van der Waals surface area contributed by atoms with Gasteiger partial charge in [0.25, 0.3) is 0 Å². The zero-order valence-electron chi connectivity index (χ0n) is 31.1. The molecule has 5 saturated heterocycles. The van der Waals surface area contributed by atoms with Crippen LogP contribution in [0.25, 0.3) is 0 Å². The molecule has 0 aromatic heterocycles. The number of aliphatic hydroxyl groups excluding tert-OH is 15. The highest BCUT2D eigenvalue weighted by molar-refractivity contribution is 5.73. The third-order valence-corrected chi connectivity index (χ3v) is 10.7. The minimum atomic E-state index is -2.06. The Balaban J connectivity index is 1.49. The van der Waals surface area contributed by atoms with Gasteiger partial charge in [-0.2, -0.15) is 0 Å². The van der Waals surface area contributed by atoms with Crippen molar-refractivity contribution in [1.29, 1.82) is 0 Å². The monoisotopic (exact) mass is 853 g/mol. The second-order valence-electron chi connectivity index (χ2n) is 14.7. The molecule has 5 aliphatic heterocycles. The number of amides is 1. The first-order valence-electron chi connectivity index (χ1n) is 18.5. The molecule has 0 spiro atoms. The van der Waals surface area contributed by atoms with Crippen LogP contribution >= 0.6 is 0 Å². The lowest BCUT2D eigenvalue weighted by atomic mass is 9.94. The van der Waals surface area contributed by atoms with Crippen LogP contribution in [0.3, 0.4) is 0 Å². The zero-order chi connectivity index (χ0) is 42.9. The number of carbonyl (C=O) groups is 1. The summed E-state index contributed by atoms with van der Waals surface area (Å²) in [5.74, 6) is -0.798. The van der Waals surface area contributed by atoms with Gasteiger partial charge in [-0.15, -0.1) is 0 Å². The smallest absolute Gasteiger partial charge is 0.217 e. The molecule has 0 saturated carbocycles.